The summed E-state index contributed by atoms with van der Waals surface area (Å²) in [6.45, 7) is 2.61. The summed E-state index contributed by atoms with van der Waals surface area (Å²) in [6.07, 6.45) is 0. The lowest BCUT2D eigenvalue weighted by molar-refractivity contribution is 0.303. The predicted octanol–water partition coefficient (Wildman–Crippen LogP) is 5.29. The molecular formula is C22H23NO2. The van der Waals surface area contributed by atoms with E-state index in [0.29, 0.717) is 6.61 Å². The van der Waals surface area contributed by atoms with Gasteiger partial charge in [0, 0.05) is 29.9 Å². The van der Waals surface area contributed by atoms with Crippen LogP contribution >= 0.6 is 0 Å². The van der Waals surface area contributed by atoms with Gasteiger partial charge < -0.3 is 14.8 Å². The number of nitrogens with one attached hydrogen (secondary N) is 1. The van der Waals surface area contributed by atoms with Crippen LogP contribution in [0.25, 0.3) is 11.1 Å². The minimum absolute atomic E-state index is 0.511. The lowest BCUT2D eigenvalue weighted by Crippen LogP contribution is -2.03. The summed E-state index contributed by atoms with van der Waals surface area (Å²) in [5.74, 6) is 1.60. The van der Waals surface area contributed by atoms with Gasteiger partial charge in [0.1, 0.15) is 18.1 Å². The number of benzene rings is 3. The fourth-order valence-electron chi connectivity index (χ4n) is 2.90. The first-order chi connectivity index (χ1) is 12.2. The van der Waals surface area contributed by atoms with Gasteiger partial charge in [0.25, 0.3) is 0 Å². The van der Waals surface area contributed by atoms with Crippen molar-refractivity contribution in [3.8, 4) is 22.6 Å². The Balaban J connectivity index is 1.83. The van der Waals surface area contributed by atoms with E-state index >= 15 is 0 Å². The molecule has 25 heavy (non-hydrogen) atoms. The van der Waals surface area contributed by atoms with Crippen LogP contribution in [0, 0.1) is 6.92 Å². The first-order valence-corrected chi connectivity index (χ1v) is 8.35. The van der Waals surface area contributed by atoms with Crippen LogP contribution in [0.3, 0.4) is 0 Å². The zero-order valence-corrected chi connectivity index (χ0v) is 14.9. The molecule has 0 heterocycles. The van der Waals surface area contributed by atoms with E-state index < -0.39 is 0 Å². The third-order valence-electron chi connectivity index (χ3n) is 4.32. The second-order valence-corrected chi connectivity index (χ2v) is 5.87. The van der Waals surface area contributed by atoms with Gasteiger partial charge in [-0.3, -0.25) is 0 Å². The fraction of sp³-hybridized carbons (Fsp3) is 0.182. The molecule has 0 fully saturated rings. The van der Waals surface area contributed by atoms with Crippen molar-refractivity contribution in [2.45, 2.75) is 13.5 Å². The molecule has 128 valence electrons. The number of ether oxygens (including phenoxy) is 2. The standard InChI is InChI=1S/C22H23NO2/c1-16-8-7-11-21(23-2)20(16)15-25-18-12-13-19(22(14-18)24-3)17-9-5-4-6-10-17/h4-14,23H,15H2,1-3H3. The Morgan fingerprint density at radius 1 is 0.920 bits per heavy atom. The average Bonchev–Trinajstić information content (AvgIpc) is 2.67. The zero-order valence-electron chi connectivity index (χ0n) is 14.9. The Kier molecular flexibility index (Phi) is 5.24. The van der Waals surface area contributed by atoms with Gasteiger partial charge in [0.2, 0.25) is 0 Å². The molecule has 0 amide bonds. The second kappa shape index (κ2) is 7.75. The Labute approximate surface area is 149 Å². The predicted molar refractivity (Wildman–Crippen MR) is 103 cm³/mol. The molecule has 0 radical (unpaired) electrons. The van der Waals surface area contributed by atoms with E-state index in [1.165, 1.54) is 5.56 Å². The highest BCUT2D eigenvalue weighted by Gasteiger charge is 2.09. The lowest BCUT2D eigenvalue weighted by Gasteiger charge is -2.15. The van der Waals surface area contributed by atoms with Crippen LogP contribution in [0.2, 0.25) is 0 Å². The Hall–Kier alpha value is -2.94. The maximum atomic E-state index is 6.03. The fourth-order valence-corrected chi connectivity index (χ4v) is 2.90. The summed E-state index contributed by atoms with van der Waals surface area (Å²) in [6, 6.07) is 22.4. The molecule has 0 spiro atoms. The molecule has 0 aromatic heterocycles. The van der Waals surface area contributed by atoms with E-state index in [1.807, 2.05) is 49.5 Å². The van der Waals surface area contributed by atoms with Crippen molar-refractivity contribution in [2.75, 3.05) is 19.5 Å². The molecule has 0 aliphatic carbocycles. The van der Waals surface area contributed by atoms with Gasteiger partial charge in [0.05, 0.1) is 7.11 Å². The zero-order chi connectivity index (χ0) is 17.6. The Morgan fingerprint density at radius 2 is 1.72 bits per heavy atom. The van der Waals surface area contributed by atoms with E-state index in [2.05, 4.69) is 36.5 Å². The number of aryl methyl sites for hydroxylation is 1. The topological polar surface area (TPSA) is 30.5 Å². The molecule has 0 aliphatic rings. The summed E-state index contributed by atoms with van der Waals surface area (Å²) >= 11 is 0. The van der Waals surface area contributed by atoms with E-state index in [9.17, 15) is 0 Å². The van der Waals surface area contributed by atoms with Crippen molar-refractivity contribution >= 4 is 5.69 Å². The summed E-state index contributed by atoms with van der Waals surface area (Å²) in [5.41, 5.74) is 5.65. The third kappa shape index (κ3) is 3.77. The molecule has 3 rings (SSSR count). The maximum absolute atomic E-state index is 6.03. The van der Waals surface area contributed by atoms with E-state index in [4.69, 9.17) is 9.47 Å². The molecule has 0 bridgehead atoms. The molecule has 3 aromatic rings. The SMILES string of the molecule is CNc1cccc(C)c1COc1ccc(-c2ccccc2)c(OC)c1. The van der Waals surface area contributed by atoms with Crippen molar-refractivity contribution in [2.24, 2.45) is 0 Å². The van der Waals surface area contributed by atoms with Crippen LogP contribution in [0.5, 0.6) is 11.5 Å². The van der Waals surface area contributed by atoms with Gasteiger partial charge >= 0.3 is 0 Å². The monoisotopic (exact) mass is 333 g/mol. The largest absolute Gasteiger partial charge is 0.496 e. The molecule has 3 heteroatoms. The van der Waals surface area contributed by atoms with E-state index in [-0.39, 0.29) is 0 Å². The highest BCUT2D eigenvalue weighted by atomic mass is 16.5. The molecular weight excluding hydrogens is 310 g/mol. The van der Waals surface area contributed by atoms with Gasteiger partial charge in [-0.05, 0) is 36.2 Å². The summed E-state index contributed by atoms with van der Waals surface area (Å²) in [5, 5.41) is 3.22. The molecule has 0 aliphatic heterocycles. The summed E-state index contributed by atoms with van der Waals surface area (Å²) in [4.78, 5) is 0. The molecule has 3 nitrogen and oxygen atoms in total. The highest BCUT2D eigenvalue weighted by molar-refractivity contribution is 5.71. The maximum Gasteiger partial charge on any atom is 0.130 e. The molecule has 3 aromatic carbocycles. The molecule has 0 saturated heterocycles. The van der Waals surface area contributed by atoms with Gasteiger partial charge in [0.15, 0.2) is 0 Å². The molecule has 1 N–H and O–H groups in total. The number of hydrogen-bond acceptors (Lipinski definition) is 3. The Bertz CT molecular complexity index is 844. The number of methoxy groups -OCH3 is 1. The van der Waals surface area contributed by atoms with Crippen molar-refractivity contribution in [1.82, 2.24) is 0 Å². The Morgan fingerprint density at radius 3 is 2.44 bits per heavy atom. The van der Waals surface area contributed by atoms with Gasteiger partial charge in [-0.2, -0.15) is 0 Å². The number of hydrogen-bond donors (Lipinski definition) is 1. The first-order valence-electron chi connectivity index (χ1n) is 8.35. The quantitative estimate of drug-likeness (QED) is 0.665. The van der Waals surface area contributed by atoms with Crippen LogP contribution in [-0.4, -0.2) is 14.2 Å². The minimum Gasteiger partial charge on any atom is -0.496 e. The third-order valence-corrected chi connectivity index (χ3v) is 4.32. The summed E-state index contributed by atoms with van der Waals surface area (Å²) < 4.78 is 11.6. The minimum atomic E-state index is 0.511. The first kappa shape index (κ1) is 16.9. The smallest absolute Gasteiger partial charge is 0.130 e. The van der Waals surface area contributed by atoms with Gasteiger partial charge in [-0.1, -0.05) is 42.5 Å². The lowest BCUT2D eigenvalue weighted by atomic mass is 10.0. The van der Waals surface area contributed by atoms with Crippen molar-refractivity contribution in [1.29, 1.82) is 0 Å². The number of anilines is 1. The highest BCUT2D eigenvalue weighted by Crippen LogP contribution is 2.33. The average molecular weight is 333 g/mol. The second-order valence-electron chi connectivity index (χ2n) is 5.87. The van der Waals surface area contributed by atoms with Crippen LogP contribution < -0.4 is 14.8 Å². The summed E-state index contributed by atoms with van der Waals surface area (Å²) in [7, 11) is 3.61. The molecule has 0 unspecified atom stereocenters. The van der Waals surface area contributed by atoms with Crippen LogP contribution in [0.15, 0.2) is 66.7 Å². The molecule has 0 atom stereocenters. The van der Waals surface area contributed by atoms with Gasteiger partial charge in [-0.15, -0.1) is 0 Å². The van der Waals surface area contributed by atoms with Gasteiger partial charge in [-0.25, -0.2) is 0 Å². The normalized spacial score (nSPS) is 10.4. The van der Waals surface area contributed by atoms with E-state index in [1.54, 1.807) is 7.11 Å². The van der Waals surface area contributed by atoms with E-state index in [0.717, 1.165) is 33.9 Å². The van der Waals surface area contributed by atoms with Crippen molar-refractivity contribution in [3.05, 3.63) is 77.9 Å². The van der Waals surface area contributed by atoms with Crippen LogP contribution in [-0.2, 0) is 6.61 Å². The number of rotatable bonds is 6. The molecule has 0 saturated carbocycles. The van der Waals surface area contributed by atoms with Crippen molar-refractivity contribution in [3.63, 3.8) is 0 Å². The van der Waals surface area contributed by atoms with Crippen LogP contribution in [0.4, 0.5) is 5.69 Å². The van der Waals surface area contributed by atoms with Crippen molar-refractivity contribution < 1.29 is 9.47 Å². The van der Waals surface area contributed by atoms with Crippen LogP contribution in [0.1, 0.15) is 11.1 Å².